The highest BCUT2D eigenvalue weighted by Crippen LogP contribution is 2.28. The molecule has 0 aliphatic rings. The largest absolute Gasteiger partial charge is 0.398 e. The third-order valence-corrected chi connectivity index (χ3v) is 3.32. The quantitative estimate of drug-likeness (QED) is 0.712. The Morgan fingerprint density at radius 2 is 2.20 bits per heavy atom. The van der Waals surface area contributed by atoms with Crippen molar-refractivity contribution in [3.8, 4) is 0 Å². The summed E-state index contributed by atoms with van der Waals surface area (Å²) in [6.45, 7) is 3.69. The number of nitrogens with one attached hydrogen (secondary N) is 1. The molecule has 0 aliphatic heterocycles. The monoisotopic (exact) mass is 267 g/mol. The maximum absolute atomic E-state index is 6.00. The highest BCUT2D eigenvalue weighted by molar-refractivity contribution is 6.00. The van der Waals surface area contributed by atoms with Crippen LogP contribution in [0.4, 0.5) is 11.4 Å². The summed E-state index contributed by atoms with van der Waals surface area (Å²) in [4.78, 5) is 8.34. The number of imidazole rings is 1. The van der Waals surface area contributed by atoms with Crippen molar-refractivity contribution in [2.45, 2.75) is 13.5 Å². The van der Waals surface area contributed by atoms with Crippen LogP contribution in [0.2, 0.25) is 0 Å². The van der Waals surface area contributed by atoms with Crippen molar-refractivity contribution >= 4 is 22.1 Å². The number of hydrogen-bond donors (Lipinski definition) is 2. The normalized spacial score (nSPS) is 10.8. The molecule has 1 aromatic carbocycles. The number of benzene rings is 1. The fourth-order valence-corrected chi connectivity index (χ4v) is 2.26. The van der Waals surface area contributed by atoms with Crippen molar-refractivity contribution in [2.24, 2.45) is 0 Å². The number of nitrogens with two attached hydrogens (primary N) is 1. The van der Waals surface area contributed by atoms with Crippen LogP contribution in [0.15, 0.2) is 43.1 Å². The zero-order chi connectivity index (χ0) is 13.9. The maximum Gasteiger partial charge on any atom is 0.0946 e. The van der Waals surface area contributed by atoms with Crippen LogP contribution >= 0.6 is 0 Å². The number of pyridine rings is 1. The Hall–Kier alpha value is -2.56. The maximum atomic E-state index is 6.00. The molecule has 0 fully saturated rings. The van der Waals surface area contributed by atoms with Gasteiger partial charge < -0.3 is 15.6 Å². The molecule has 0 saturated carbocycles. The first-order valence-electron chi connectivity index (χ1n) is 6.58. The summed E-state index contributed by atoms with van der Waals surface area (Å²) in [7, 11) is 0. The first-order valence-corrected chi connectivity index (χ1v) is 6.58. The molecule has 102 valence electrons. The van der Waals surface area contributed by atoms with Gasteiger partial charge in [-0.15, -0.1) is 0 Å². The van der Waals surface area contributed by atoms with Crippen LogP contribution in [0, 0.1) is 6.92 Å². The van der Waals surface area contributed by atoms with E-state index in [1.54, 1.807) is 6.20 Å². The predicted molar refractivity (Wildman–Crippen MR) is 81.6 cm³/mol. The van der Waals surface area contributed by atoms with E-state index in [2.05, 4.69) is 21.4 Å². The molecule has 3 rings (SSSR count). The number of hydrogen-bond acceptors (Lipinski definition) is 4. The van der Waals surface area contributed by atoms with Gasteiger partial charge in [0, 0.05) is 59.5 Å². The van der Waals surface area contributed by atoms with Crippen LogP contribution in [0.1, 0.15) is 5.69 Å². The molecule has 2 aromatic heterocycles. The van der Waals surface area contributed by atoms with Crippen LogP contribution in [-0.4, -0.2) is 21.1 Å². The van der Waals surface area contributed by atoms with Crippen LogP contribution in [-0.2, 0) is 6.54 Å². The highest BCUT2D eigenvalue weighted by Gasteiger charge is 2.05. The Kier molecular flexibility index (Phi) is 3.25. The molecule has 5 heteroatoms. The molecule has 3 aromatic rings. The second-order valence-corrected chi connectivity index (χ2v) is 4.80. The Labute approximate surface area is 117 Å². The Balaban J connectivity index is 1.84. The van der Waals surface area contributed by atoms with Gasteiger partial charge in [0.1, 0.15) is 0 Å². The summed E-state index contributed by atoms with van der Waals surface area (Å²) in [5.41, 5.74) is 8.83. The van der Waals surface area contributed by atoms with E-state index in [-0.39, 0.29) is 0 Å². The highest BCUT2D eigenvalue weighted by atomic mass is 15.0. The lowest BCUT2D eigenvalue weighted by Gasteiger charge is -2.12. The second kappa shape index (κ2) is 5.21. The molecule has 0 atom stereocenters. The number of anilines is 2. The molecule has 0 bridgehead atoms. The lowest BCUT2D eigenvalue weighted by Crippen LogP contribution is -2.09. The van der Waals surface area contributed by atoms with E-state index >= 15 is 0 Å². The van der Waals surface area contributed by atoms with Crippen molar-refractivity contribution in [3.05, 3.63) is 48.8 Å². The zero-order valence-corrected chi connectivity index (χ0v) is 11.4. The lowest BCUT2D eigenvalue weighted by atomic mass is 10.1. The van der Waals surface area contributed by atoms with Crippen molar-refractivity contribution in [1.29, 1.82) is 0 Å². The topological polar surface area (TPSA) is 68.8 Å². The number of aromatic nitrogens is 3. The van der Waals surface area contributed by atoms with Gasteiger partial charge in [-0.05, 0) is 25.1 Å². The summed E-state index contributed by atoms with van der Waals surface area (Å²) in [6.07, 6.45) is 7.39. The average molecular weight is 267 g/mol. The molecular formula is C15H17N5. The molecule has 3 N–H and O–H groups in total. The van der Waals surface area contributed by atoms with Crippen molar-refractivity contribution in [2.75, 3.05) is 17.6 Å². The predicted octanol–water partition coefficient (Wildman–Crippen LogP) is 2.43. The van der Waals surface area contributed by atoms with Gasteiger partial charge in [0.25, 0.3) is 0 Å². The van der Waals surface area contributed by atoms with Gasteiger partial charge in [-0.2, -0.15) is 0 Å². The van der Waals surface area contributed by atoms with E-state index in [4.69, 9.17) is 5.73 Å². The van der Waals surface area contributed by atoms with Gasteiger partial charge in [-0.3, -0.25) is 4.98 Å². The summed E-state index contributed by atoms with van der Waals surface area (Å²) in [5, 5.41) is 5.55. The summed E-state index contributed by atoms with van der Waals surface area (Å²) < 4.78 is 2.04. The molecule has 0 aliphatic carbocycles. The second-order valence-electron chi connectivity index (χ2n) is 4.80. The Morgan fingerprint density at radius 3 is 3.00 bits per heavy atom. The van der Waals surface area contributed by atoms with Crippen LogP contribution < -0.4 is 11.1 Å². The van der Waals surface area contributed by atoms with Gasteiger partial charge in [-0.25, -0.2) is 4.98 Å². The van der Waals surface area contributed by atoms with E-state index in [9.17, 15) is 0 Å². The van der Waals surface area contributed by atoms with Gasteiger partial charge in [0.15, 0.2) is 0 Å². The number of nitrogen functional groups attached to an aromatic ring is 1. The van der Waals surface area contributed by atoms with Crippen LogP contribution in [0.3, 0.4) is 0 Å². The molecule has 0 amide bonds. The Bertz CT molecular complexity index is 718. The van der Waals surface area contributed by atoms with E-state index in [1.807, 2.05) is 42.3 Å². The van der Waals surface area contributed by atoms with Crippen molar-refractivity contribution in [3.63, 3.8) is 0 Å². The molecule has 5 nitrogen and oxygen atoms in total. The fourth-order valence-electron chi connectivity index (χ4n) is 2.26. The van der Waals surface area contributed by atoms with Crippen LogP contribution in [0.25, 0.3) is 10.8 Å². The first-order chi connectivity index (χ1) is 9.74. The molecule has 20 heavy (non-hydrogen) atoms. The lowest BCUT2D eigenvalue weighted by molar-refractivity contribution is 0.727. The van der Waals surface area contributed by atoms with Gasteiger partial charge in [0.2, 0.25) is 0 Å². The SMILES string of the molecule is Cc1cc2c(NCCn3ccnc3)ccc(N)c2cn1. The molecule has 0 unspecified atom stereocenters. The van der Waals surface area contributed by atoms with Crippen molar-refractivity contribution < 1.29 is 0 Å². The first kappa shape index (κ1) is 12.5. The molecule has 2 heterocycles. The van der Waals surface area contributed by atoms with Gasteiger partial charge in [0.05, 0.1) is 6.33 Å². The standard InChI is InChI=1S/C15H17N5/c1-11-8-12-13(9-19-11)14(16)2-3-15(12)18-5-7-20-6-4-17-10-20/h2-4,6,8-10,18H,5,7,16H2,1H3. The smallest absolute Gasteiger partial charge is 0.0946 e. The van der Waals surface area contributed by atoms with Crippen molar-refractivity contribution in [1.82, 2.24) is 14.5 Å². The summed E-state index contributed by atoms with van der Waals surface area (Å²) in [5.74, 6) is 0. The minimum atomic E-state index is 0.757. The fraction of sp³-hybridized carbons (Fsp3) is 0.200. The molecule has 0 saturated heterocycles. The summed E-state index contributed by atoms with van der Waals surface area (Å²) >= 11 is 0. The average Bonchev–Trinajstić information content (AvgIpc) is 2.94. The molecule has 0 radical (unpaired) electrons. The van der Waals surface area contributed by atoms with Gasteiger partial charge in [-0.1, -0.05) is 0 Å². The zero-order valence-electron chi connectivity index (χ0n) is 11.4. The van der Waals surface area contributed by atoms with Crippen LogP contribution in [0.5, 0.6) is 0 Å². The molecular weight excluding hydrogens is 250 g/mol. The van der Waals surface area contributed by atoms with E-state index in [1.165, 1.54) is 0 Å². The number of fused-ring (bicyclic) bond motifs is 1. The summed E-state index contributed by atoms with van der Waals surface area (Å²) in [6, 6.07) is 6.00. The third kappa shape index (κ3) is 2.42. The number of rotatable bonds is 4. The minimum absolute atomic E-state index is 0.757. The van der Waals surface area contributed by atoms with E-state index in [0.29, 0.717) is 0 Å². The number of aryl methyl sites for hydroxylation is 1. The Morgan fingerprint density at radius 1 is 1.30 bits per heavy atom. The molecule has 0 spiro atoms. The van der Waals surface area contributed by atoms with Gasteiger partial charge >= 0.3 is 0 Å². The number of nitrogens with zero attached hydrogens (tertiary/aromatic N) is 3. The minimum Gasteiger partial charge on any atom is -0.398 e. The van der Waals surface area contributed by atoms with E-state index < -0.39 is 0 Å². The van der Waals surface area contributed by atoms with E-state index in [0.717, 1.165) is 40.9 Å². The third-order valence-electron chi connectivity index (χ3n) is 3.32.